The summed E-state index contributed by atoms with van der Waals surface area (Å²) >= 11 is 5.52. The zero-order chi connectivity index (χ0) is 25.5. The number of hydrogen-bond donors (Lipinski definition) is 3. The van der Waals surface area contributed by atoms with Crippen molar-refractivity contribution in [2.75, 3.05) is 23.1 Å². The highest BCUT2D eigenvalue weighted by atomic mass is 32.1. The normalized spacial score (nSPS) is 10.4. The number of anilines is 4. The summed E-state index contributed by atoms with van der Waals surface area (Å²) in [5, 5.41) is 18.7. The number of benzene rings is 3. The van der Waals surface area contributed by atoms with E-state index in [1.165, 1.54) is 0 Å². The molecule has 0 unspecified atom stereocenters. The Morgan fingerprint density at radius 1 is 0.676 bits per heavy atom. The van der Waals surface area contributed by atoms with Crippen LogP contribution in [0.15, 0.2) is 109 Å². The lowest BCUT2D eigenvalue weighted by Gasteiger charge is -2.15. The summed E-state index contributed by atoms with van der Waals surface area (Å²) in [6, 6.07) is 33.3. The quantitative estimate of drug-likeness (QED) is 0.210. The lowest BCUT2D eigenvalue weighted by molar-refractivity contribution is 0.415. The fourth-order valence-corrected chi connectivity index (χ4v) is 3.90. The third-order valence-electron chi connectivity index (χ3n) is 5.58. The topological polar surface area (TPSA) is 84.0 Å². The van der Waals surface area contributed by atoms with Crippen molar-refractivity contribution in [1.29, 1.82) is 0 Å². The van der Waals surface area contributed by atoms with Gasteiger partial charge in [-0.3, -0.25) is 4.98 Å². The van der Waals surface area contributed by atoms with Crippen molar-refractivity contribution < 1.29 is 4.74 Å². The molecule has 5 rings (SSSR count). The van der Waals surface area contributed by atoms with Gasteiger partial charge in [0.1, 0.15) is 5.75 Å². The number of hydrogen-bond acceptors (Lipinski definition) is 6. The molecule has 0 saturated heterocycles. The molecule has 0 spiro atoms. The van der Waals surface area contributed by atoms with Crippen LogP contribution in [0, 0.1) is 0 Å². The molecule has 0 atom stereocenters. The predicted octanol–water partition coefficient (Wildman–Crippen LogP) is 6.77. The summed E-state index contributed by atoms with van der Waals surface area (Å²) in [6.45, 7) is 0. The molecule has 0 aliphatic heterocycles. The number of rotatable bonds is 7. The average molecular weight is 505 g/mol. The van der Waals surface area contributed by atoms with E-state index in [1.807, 2.05) is 103 Å². The molecule has 3 aromatic carbocycles. The molecule has 0 fully saturated rings. The molecule has 0 saturated carbocycles. The molecule has 2 aromatic heterocycles. The van der Waals surface area contributed by atoms with Gasteiger partial charge in [-0.1, -0.05) is 42.5 Å². The first-order chi connectivity index (χ1) is 18.2. The van der Waals surface area contributed by atoms with Crippen molar-refractivity contribution in [1.82, 2.24) is 15.2 Å². The van der Waals surface area contributed by atoms with Crippen molar-refractivity contribution in [2.24, 2.45) is 0 Å². The summed E-state index contributed by atoms with van der Waals surface area (Å²) in [4.78, 5) is 4.60. The van der Waals surface area contributed by atoms with Gasteiger partial charge < -0.3 is 20.7 Å². The van der Waals surface area contributed by atoms with Crippen LogP contribution in [0.4, 0.5) is 22.9 Å². The zero-order valence-electron chi connectivity index (χ0n) is 20.1. The highest BCUT2D eigenvalue weighted by Gasteiger charge is 2.08. The van der Waals surface area contributed by atoms with Gasteiger partial charge in [0, 0.05) is 11.1 Å². The van der Waals surface area contributed by atoms with Crippen LogP contribution in [0.5, 0.6) is 5.75 Å². The van der Waals surface area contributed by atoms with Gasteiger partial charge in [0.15, 0.2) is 10.9 Å². The van der Waals surface area contributed by atoms with E-state index in [-0.39, 0.29) is 0 Å². The molecule has 0 aliphatic rings. The molecule has 3 N–H and O–H groups in total. The molecule has 8 heteroatoms. The third kappa shape index (κ3) is 6.06. The summed E-state index contributed by atoms with van der Waals surface area (Å²) in [6.07, 6.45) is 1.80. The first kappa shape index (κ1) is 23.9. The SMILES string of the molecule is COc1ccc(-c2ccc(Nc3ccccc3NC(=S)Nc3ccc(-c4ccccc4)nn3)cn2)cc1. The average Bonchev–Trinajstić information content (AvgIpc) is 2.95. The number of ether oxygens (including phenoxy) is 1. The van der Waals surface area contributed by atoms with Crippen LogP contribution in [0.1, 0.15) is 0 Å². The van der Waals surface area contributed by atoms with Crippen LogP contribution < -0.4 is 20.7 Å². The minimum atomic E-state index is 0.406. The summed E-state index contributed by atoms with van der Waals surface area (Å²) in [7, 11) is 1.65. The van der Waals surface area contributed by atoms with Crippen LogP contribution in [0.2, 0.25) is 0 Å². The third-order valence-corrected chi connectivity index (χ3v) is 5.78. The first-order valence-electron chi connectivity index (χ1n) is 11.6. The molecule has 5 aromatic rings. The van der Waals surface area contributed by atoms with E-state index in [9.17, 15) is 0 Å². The first-order valence-corrected chi connectivity index (χ1v) is 12.0. The van der Waals surface area contributed by atoms with Gasteiger partial charge in [-0.25, -0.2) is 0 Å². The maximum atomic E-state index is 5.52. The van der Waals surface area contributed by atoms with Crippen molar-refractivity contribution in [2.45, 2.75) is 0 Å². The standard InChI is InChI=1S/C29H24N6OS/c1-36-23-14-11-21(12-15-23)24-16-13-22(19-30-24)31-26-9-5-6-10-27(26)32-29(37)33-28-18-17-25(34-35-28)20-7-3-2-4-8-20/h2-19,31H,1H3,(H2,32,33,35,37). The van der Waals surface area contributed by atoms with E-state index in [4.69, 9.17) is 17.0 Å². The van der Waals surface area contributed by atoms with Gasteiger partial charge in [-0.15, -0.1) is 10.2 Å². The Morgan fingerprint density at radius 3 is 2.05 bits per heavy atom. The van der Waals surface area contributed by atoms with E-state index in [0.29, 0.717) is 10.9 Å². The summed E-state index contributed by atoms with van der Waals surface area (Å²) in [5.74, 6) is 1.37. The maximum Gasteiger partial charge on any atom is 0.176 e. The van der Waals surface area contributed by atoms with E-state index in [0.717, 1.165) is 45.3 Å². The van der Waals surface area contributed by atoms with E-state index in [2.05, 4.69) is 31.1 Å². The van der Waals surface area contributed by atoms with Crippen molar-refractivity contribution in [3.8, 4) is 28.3 Å². The van der Waals surface area contributed by atoms with Crippen molar-refractivity contribution >= 4 is 40.2 Å². The minimum absolute atomic E-state index is 0.406. The van der Waals surface area contributed by atoms with Crippen LogP contribution in [-0.2, 0) is 0 Å². The predicted molar refractivity (Wildman–Crippen MR) is 153 cm³/mol. The number of nitrogens with zero attached hydrogens (tertiary/aromatic N) is 3. The van der Waals surface area contributed by atoms with Gasteiger partial charge in [0.25, 0.3) is 0 Å². The van der Waals surface area contributed by atoms with Gasteiger partial charge in [-0.05, 0) is 72.9 Å². The number of methoxy groups -OCH3 is 1. The smallest absolute Gasteiger partial charge is 0.176 e. The second-order valence-electron chi connectivity index (χ2n) is 8.08. The van der Waals surface area contributed by atoms with Gasteiger partial charge in [0.2, 0.25) is 0 Å². The number of thiocarbonyl (C=S) groups is 1. The van der Waals surface area contributed by atoms with Crippen molar-refractivity contribution in [3.05, 3.63) is 109 Å². The fraction of sp³-hybridized carbons (Fsp3) is 0.0345. The molecule has 0 radical (unpaired) electrons. The Labute approximate surface area is 220 Å². The van der Waals surface area contributed by atoms with E-state index >= 15 is 0 Å². The molecule has 0 amide bonds. The van der Waals surface area contributed by atoms with E-state index < -0.39 is 0 Å². The molecule has 37 heavy (non-hydrogen) atoms. The fourth-order valence-electron chi connectivity index (χ4n) is 3.69. The zero-order valence-corrected chi connectivity index (χ0v) is 20.9. The summed E-state index contributed by atoms with van der Waals surface area (Å²) < 4.78 is 5.23. The Balaban J connectivity index is 1.23. The Hall–Kier alpha value is -4.82. The molecular formula is C29H24N6OS. The highest BCUT2D eigenvalue weighted by Crippen LogP contribution is 2.27. The molecule has 2 heterocycles. The Bertz CT molecular complexity index is 1470. The number of aromatic nitrogens is 3. The number of para-hydroxylation sites is 2. The lowest BCUT2D eigenvalue weighted by Crippen LogP contribution is -2.20. The molecule has 0 bridgehead atoms. The van der Waals surface area contributed by atoms with Crippen LogP contribution >= 0.6 is 12.2 Å². The monoisotopic (exact) mass is 504 g/mol. The van der Waals surface area contributed by atoms with E-state index in [1.54, 1.807) is 13.3 Å². The molecule has 0 aliphatic carbocycles. The van der Waals surface area contributed by atoms with Crippen molar-refractivity contribution in [3.63, 3.8) is 0 Å². The molecular weight excluding hydrogens is 480 g/mol. The van der Waals surface area contributed by atoms with Crippen LogP contribution in [-0.4, -0.2) is 27.4 Å². The molecule has 7 nitrogen and oxygen atoms in total. The minimum Gasteiger partial charge on any atom is -0.497 e. The largest absolute Gasteiger partial charge is 0.497 e. The van der Waals surface area contributed by atoms with Crippen LogP contribution in [0.25, 0.3) is 22.5 Å². The molecule has 182 valence electrons. The van der Waals surface area contributed by atoms with Crippen LogP contribution in [0.3, 0.4) is 0 Å². The lowest BCUT2D eigenvalue weighted by atomic mass is 10.1. The Kier molecular flexibility index (Phi) is 7.29. The maximum absolute atomic E-state index is 5.52. The highest BCUT2D eigenvalue weighted by molar-refractivity contribution is 7.80. The second-order valence-corrected chi connectivity index (χ2v) is 8.49. The number of nitrogens with one attached hydrogen (secondary N) is 3. The Morgan fingerprint density at radius 2 is 1.38 bits per heavy atom. The summed E-state index contributed by atoms with van der Waals surface area (Å²) in [5.41, 5.74) is 6.23. The van der Waals surface area contributed by atoms with Gasteiger partial charge in [0.05, 0.1) is 41.8 Å². The number of pyridine rings is 1. The van der Waals surface area contributed by atoms with Gasteiger partial charge in [-0.2, -0.15) is 0 Å². The van der Waals surface area contributed by atoms with Gasteiger partial charge >= 0.3 is 0 Å². The second kappa shape index (κ2) is 11.3.